The van der Waals surface area contributed by atoms with Crippen molar-refractivity contribution in [2.24, 2.45) is 0 Å². The maximum absolute atomic E-state index is 11.2. The fraction of sp³-hybridized carbons (Fsp3) is 0.300. The van der Waals surface area contributed by atoms with Crippen LogP contribution in [0.25, 0.3) is 0 Å². The lowest BCUT2D eigenvalue weighted by Crippen LogP contribution is -2.24. The predicted molar refractivity (Wildman–Crippen MR) is 52.2 cm³/mol. The summed E-state index contributed by atoms with van der Waals surface area (Å²) in [5.74, 6) is -0.216. The molecule has 0 aliphatic carbocycles. The number of benzene rings is 1. The van der Waals surface area contributed by atoms with Gasteiger partial charge in [-0.05, 0) is 13.0 Å². The Kier molecular flexibility index (Phi) is 3.34. The number of hydrogen-bond acceptors (Lipinski definition) is 3. The molecule has 4 heteroatoms. The minimum absolute atomic E-state index is 0.0119. The Hall–Kier alpha value is -1.71. The Balaban J connectivity index is 2.72. The normalized spacial score (nSPS) is 9.79. The first-order valence-corrected chi connectivity index (χ1v) is 4.41. The van der Waals surface area contributed by atoms with E-state index in [-0.39, 0.29) is 23.8 Å². The van der Waals surface area contributed by atoms with Crippen LogP contribution in [0.4, 0.5) is 0 Å². The summed E-state index contributed by atoms with van der Waals surface area (Å²) >= 11 is 0. The second-order valence-electron chi connectivity index (χ2n) is 2.94. The van der Waals surface area contributed by atoms with Gasteiger partial charge in [-0.3, -0.25) is 4.79 Å². The van der Waals surface area contributed by atoms with Crippen molar-refractivity contribution in [1.82, 2.24) is 5.32 Å². The highest BCUT2D eigenvalue weighted by molar-refractivity contribution is 5.79. The summed E-state index contributed by atoms with van der Waals surface area (Å²) in [7, 11) is 0. The van der Waals surface area contributed by atoms with Crippen molar-refractivity contribution >= 4 is 5.91 Å². The minimum Gasteiger partial charge on any atom is -0.508 e. The van der Waals surface area contributed by atoms with Crippen LogP contribution in [0.15, 0.2) is 18.2 Å². The Morgan fingerprint density at radius 3 is 2.71 bits per heavy atom. The number of rotatable bonds is 3. The summed E-state index contributed by atoms with van der Waals surface area (Å²) in [6, 6.07) is 4.18. The van der Waals surface area contributed by atoms with Crippen LogP contribution in [-0.2, 0) is 11.2 Å². The van der Waals surface area contributed by atoms with Gasteiger partial charge in [0.2, 0.25) is 5.91 Å². The topological polar surface area (TPSA) is 69.6 Å². The number of phenolic OH excluding ortho intramolecular Hbond substituents is 2. The number of carbonyl (C=O) groups excluding carboxylic acids is 1. The van der Waals surface area contributed by atoms with Crippen molar-refractivity contribution in [2.45, 2.75) is 13.3 Å². The van der Waals surface area contributed by atoms with Gasteiger partial charge in [0.05, 0.1) is 6.42 Å². The van der Waals surface area contributed by atoms with Crippen molar-refractivity contribution in [2.75, 3.05) is 6.54 Å². The summed E-state index contributed by atoms with van der Waals surface area (Å²) in [6.07, 6.45) is 0.125. The van der Waals surface area contributed by atoms with E-state index in [0.29, 0.717) is 12.1 Å². The van der Waals surface area contributed by atoms with Gasteiger partial charge >= 0.3 is 0 Å². The smallest absolute Gasteiger partial charge is 0.224 e. The number of phenols is 2. The van der Waals surface area contributed by atoms with Crippen LogP contribution >= 0.6 is 0 Å². The van der Waals surface area contributed by atoms with Crippen molar-refractivity contribution in [1.29, 1.82) is 0 Å². The molecule has 0 saturated heterocycles. The van der Waals surface area contributed by atoms with E-state index in [1.807, 2.05) is 6.92 Å². The molecule has 0 fully saturated rings. The van der Waals surface area contributed by atoms with Gasteiger partial charge in [0.15, 0.2) is 0 Å². The summed E-state index contributed by atoms with van der Waals surface area (Å²) < 4.78 is 0. The monoisotopic (exact) mass is 195 g/mol. The van der Waals surface area contributed by atoms with E-state index in [2.05, 4.69) is 5.32 Å². The van der Waals surface area contributed by atoms with Crippen LogP contribution in [0.5, 0.6) is 11.5 Å². The Morgan fingerprint density at radius 1 is 1.43 bits per heavy atom. The molecule has 1 rings (SSSR count). The third kappa shape index (κ3) is 2.65. The van der Waals surface area contributed by atoms with Crippen LogP contribution in [0, 0.1) is 0 Å². The molecule has 0 aliphatic rings. The van der Waals surface area contributed by atoms with Gasteiger partial charge in [-0.15, -0.1) is 0 Å². The third-order valence-corrected chi connectivity index (χ3v) is 1.79. The maximum Gasteiger partial charge on any atom is 0.224 e. The van der Waals surface area contributed by atoms with Crippen LogP contribution in [0.2, 0.25) is 0 Å². The first-order chi connectivity index (χ1) is 6.63. The Bertz CT molecular complexity index is 336. The molecule has 1 amide bonds. The third-order valence-electron chi connectivity index (χ3n) is 1.79. The largest absolute Gasteiger partial charge is 0.508 e. The molecular formula is C10H13NO3. The SMILES string of the molecule is CCNC(=O)Cc1ccc(O)cc1O. The standard InChI is InChI=1S/C10H13NO3/c1-2-11-10(14)5-7-3-4-8(12)6-9(7)13/h3-4,6,12-13H,2,5H2,1H3,(H,11,14). The molecule has 0 atom stereocenters. The molecule has 0 spiro atoms. The number of carbonyl (C=O) groups is 1. The van der Waals surface area contributed by atoms with Crippen molar-refractivity contribution in [3.05, 3.63) is 23.8 Å². The molecule has 1 aromatic carbocycles. The van der Waals surface area contributed by atoms with E-state index in [4.69, 9.17) is 5.11 Å². The quantitative estimate of drug-likeness (QED) is 0.667. The zero-order valence-corrected chi connectivity index (χ0v) is 7.95. The zero-order valence-electron chi connectivity index (χ0n) is 7.95. The average molecular weight is 195 g/mol. The lowest BCUT2D eigenvalue weighted by molar-refractivity contribution is -0.120. The molecule has 76 valence electrons. The molecule has 4 nitrogen and oxygen atoms in total. The minimum atomic E-state index is -0.145. The molecule has 0 aromatic heterocycles. The molecule has 0 bridgehead atoms. The van der Waals surface area contributed by atoms with Gasteiger partial charge in [0.1, 0.15) is 11.5 Å². The fourth-order valence-corrected chi connectivity index (χ4v) is 1.13. The Morgan fingerprint density at radius 2 is 2.14 bits per heavy atom. The highest BCUT2D eigenvalue weighted by Crippen LogP contribution is 2.22. The van der Waals surface area contributed by atoms with Crippen LogP contribution in [0.1, 0.15) is 12.5 Å². The van der Waals surface area contributed by atoms with E-state index >= 15 is 0 Å². The average Bonchev–Trinajstić information content (AvgIpc) is 2.10. The molecule has 1 aromatic rings. The van der Waals surface area contributed by atoms with Gasteiger partial charge < -0.3 is 15.5 Å². The molecule has 0 saturated carbocycles. The van der Waals surface area contributed by atoms with Gasteiger partial charge in [0.25, 0.3) is 0 Å². The van der Waals surface area contributed by atoms with Crippen LogP contribution in [0.3, 0.4) is 0 Å². The molecule has 0 unspecified atom stereocenters. The number of amides is 1. The molecule has 14 heavy (non-hydrogen) atoms. The fourth-order valence-electron chi connectivity index (χ4n) is 1.13. The van der Waals surface area contributed by atoms with E-state index in [1.165, 1.54) is 18.2 Å². The van der Waals surface area contributed by atoms with E-state index in [1.54, 1.807) is 0 Å². The highest BCUT2D eigenvalue weighted by Gasteiger charge is 2.06. The molecule has 3 N–H and O–H groups in total. The number of likely N-dealkylation sites (N-methyl/N-ethyl adjacent to an activating group) is 1. The number of hydrogen-bond donors (Lipinski definition) is 3. The van der Waals surface area contributed by atoms with E-state index in [0.717, 1.165) is 0 Å². The van der Waals surface area contributed by atoms with E-state index in [9.17, 15) is 9.90 Å². The highest BCUT2D eigenvalue weighted by atomic mass is 16.3. The lowest BCUT2D eigenvalue weighted by atomic mass is 10.1. The molecule has 0 aliphatic heterocycles. The van der Waals surface area contributed by atoms with Crippen molar-refractivity contribution in [3.8, 4) is 11.5 Å². The zero-order chi connectivity index (χ0) is 10.6. The second kappa shape index (κ2) is 4.50. The summed E-state index contributed by atoms with van der Waals surface area (Å²) in [5, 5.41) is 21.0. The lowest BCUT2D eigenvalue weighted by Gasteiger charge is -2.04. The number of nitrogens with one attached hydrogen (secondary N) is 1. The first-order valence-electron chi connectivity index (χ1n) is 4.41. The van der Waals surface area contributed by atoms with Gasteiger partial charge in [-0.25, -0.2) is 0 Å². The first kappa shape index (κ1) is 10.4. The predicted octanol–water partition coefficient (Wildman–Crippen LogP) is 0.776. The van der Waals surface area contributed by atoms with Crippen molar-refractivity contribution in [3.63, 3.8) is 0 Å². The Labute approximate surface area is 82.2 Å². The van der Waals surface area contributed by atoms with Crippen molar-refractivity contribution < 1.29 is 15.0 Å². The van der Waals surface area contributed by atoms with Gasteiger partial charge in [-0.1, -0.05) is 6.07 Å². The summed E-state index contributed by atoms with van der Waals surface area (Å²) in [4.78, 5) is 11.2. The van der Waals surface area contributed by atoms with Gasteiger partial charge in [-0.2, -0.15) is 0 Å². The van der Waals surface area contributed by atoms with Gasteiger partial charge in [0, 0.05) is 18.2 Å². The van der Waals surface area contributed by atoms with E-state index < -0.39 is 0 Å². The second-order valence-corrected chi connectivity index (χ2v) is 2.94. The molecule has 0 heterocycles. The maximum atomic E-state index is 11.2. The summed E-state index contributed by atoms with van der Waals surface area (Å²) in [5.41, 5.74) is 0.508. The molecular weight excluding hydrogens is 182 g/mol. The number of aromatic hydroxyl groups is 2. The molecule has 0 radical (unpaired) electrons. The van der Waals surface area contributed by atoms with Crippen LogP contribution < -0.4 is 5.32 Å². The van der Waals surface area contributed by atoms with Crippen LogP contribution in [-0.4, -0.2) is 22.7 Å². The summed E-state index contributed by atoms with van der Waals surface area (Å²) in [6.45, 7) is 2.40.